The van der Waals surface area contributed by atoms with E-state index in [1.165, 1.54) is 0 Å². The second-order valence-electron chi connectivity index (χ2n) is 2.58. The van der Waals surface area contributed by atoms with Crippen molar-refractivity contribution in [3.05, 3.63) is 28.0 Å². The summed E-state index contributed by atoms with van der Waals surface area (Å²) in [5, 5.41) is 2.32. The quantitative estimate of drug-likeness (QED) is 0.655. The molecular formula is C8H4BrF4NS. The van der Waals surface area contributed by atoms with Crippen LogP contribution in [0.1, 0.15) is 5.56 Å². The summed E-state index contributed by atoms with van der Waals surface area (Å²) in [5.41, 5.74) is -0.122. The van der Waals surface area contributed by atoms with Gasteiger partial charge in [0.05, 0.1) is 15.5 Å². The van der Waals surface area contributed by atoms with E-state index in [2.05, 4.69) is 33.5 Å². The van der Waals surface area contributed by atoms with Crippen molar-refractivity contribution in [1.29, 1.82) is 0 Å². The molecule has 0 heterocycles. The monoisotopic (exact) mass is 301 g/mol. The van der Waals surface area contributed by atoms with Crippen LogP contribution in [0, 0.1) is 5.82 Å². The highest BCUT2D eigenvalue weighted by molar-refractivity contribution is 9.10. The van der Waals surface area contributed by atoms with E-state index in [0.717, 1.165) is 17.6 Å². The first-order chi connectivity index (χ1) is 6.86. The first kappa shape index (κ1) is 12.4. The van der Waals surface area contributed by atoms with Gasteiger partial charge in [-0.15, -0.1) is 0 Å². The van der Waals surface area contributed by atoms with Crippen molar-refractivity contribution in [2.75, 3.05) is 5.32 Å². The van der Waals surface area contributed by atoms with Crippen LogP contribution in [-0.2, 0) is 6.18 Å². The van der Waals surface area contributed by atoms with Crippen LogP contribution >= 0.6 is 28.1 Å². The Labute approximate surface area is 96.6 Å². The van der Waals surface area contributed by atoms with Gasteiger partial charge in [-0.3, -0.25) is 0 Å². The average molecular weight is 302 g/mol. The Balaban J connectivity index is 3.31. The lowest BCUT2D eigenvalue weighted by atomic mass is 10.2. The van der Waals surface area contributed by atoms with Crippen LogP contribution in [-0.4, -0.2) is 5.49 Å². The Bertz CT molecular complexity index is 391. The minimum absolute atomic E-state index is 0.0435. The van der Waals surface area contributed by atoms with E-state index in [1.54, 1.807) is 0 Å². The van der Waals surface area contributed by atoms with Gasteiger partial charge in [0.2, 0.25) is 0 Å². The summed E-state index contributed by atoms with van der Waals surface area (Å²) in [6.45, 7) is 0. The van der Waals surface area contributed by atoms with Gasteiger partial charge in [0.25, 0.3) is 0 Å². The zero-order chi connectivity index (χ0) is 11.6. The van der Waals surface area contributed by atoms with Crippen molar-refractivity contribution in [2.45, 2.75) is 6.18 Å². The summed E-state index contributed by atoms with van der Waals surface area (Å²) in [7, 11) is 0. The summed E-state index contributed by atoms with van der Waals surface area (Å²) >= 11 is 6.94. The van der Waals surface area contributed by atoms with Crippen molar-refractivity contribution in [2.24, 2.45) is 0 Å². The number of alkyl halides is 3. The molecule has 0 spiro atoms. The third kappa shape index (κ3) is 2.88. The van der Waals surface area contributed by atoms with E-state index in [9.17, 15) is 17.6 Å². The molecule has 0 unspecified atom stereocenters. The van der Waals surface area contributed by atoms with Crippen LogP contribution in [0.2, 0.25) is 0 Å². The van der Waals surface area contributed by atoms with Crippen molar-refractivity contribution in [3.8, 4) is 0 Å². The molecule has 0 aliphatic carbocycles. The van der Waals surface area contributed by atoms with E-state index < -0.39 is 22.0 Å². The van der Waals surface area contributed by atoms with Crippen LogP contribution in [0.5, 0.6) is 0 Å². The van der Waals surface area contributed by atoms with Gasteiger partial charge in [0.15, 0.2) is 0 Å². The molecule has 1 aromatic rings. The topological polar surface area (TPSA) is 12.0 Å². The summed E-state index contributed by atoms with van der Waals surface area (Å²) < 4.78 is 49.6. The van der Waals surface area contributed by atoms with Gasteiger partial charge in [-0.25, -0.2) is 4.39 Å². The minimum Gasteiger partial charge on any atom is -0.353 e. The molecule has 1 rings (SSSR count). The van der Waals surface area contributed by atoms with Gasteiger partial charge in [0, 0.05) is 5.69 Å². The van der Waals surface area contributed by atoms with Gasteiger partial charge in [-0.05, 0) is 28.1 Å². The zero-order valence-corrected chi connectivity index (χ0v) is 9.43. The zero-order valence-electron chi connectivity index (χ0n) is 7.03. The molecule has 1 aromatic carbocycles. The molecule has 0 saturated carbocycles. The molecule has 15 heavy (non-hydrogen) atoms. The summed E-state index contributed by atoms with van der Waals surface area (Å²) in [6, 6.07) is 1.69. The number of hydrogen-bond donors (Lipinski definition) is 1. The number of benzene rings is 1. The first-order valence-electron chi connectivity index (χ1n) is 3.62. The number of anilines is 1. The molecule has 1 N–H and O–H groups in total. The number of thiocarbonyl (C=S) groups is 1. The molecule has 0 aliphatic rings. The van der Waals surface area contributed by atoms with Crippen molar-refractivity contribution in [3.63, 3.8) is 0 Å². The molecule has 0 bridgehead atoms. The number of nitrogens with one attached hydrogen (secondary N) is 1. The Hall–Kier alpha value is -0.690. The molecule has 0 atom stereocenters. The van der Waals surface area contributed by atoms with Crippen molar-refractivity contribution in [1.82, 2.24) is 0 Å². The SMILES string of the molecule is Fc1cc(NC=S)cc(C(F)(F)F)c1Br. The molecule has 0 fully saturated rings. The van der Waals surface area contributed by atoms with E-state index in [4.69, 9.17) is 0 Å². The Morgan fingerprint density at radius 1 is 1.33 bits per heavy atom. The lowest BCUT2D eigenvalue weighted by molar-refractivity contribution is -0.138. The Kier molecular flexibility index (Phi) is 3.67. The lowest BCUT2D eigenvalue weighted by Gasteiger charge is -2.11. The van der Waals surface area contributed by atoms with Gasteiger partial charge in [-0.2, -0.15) is 13.2 Å². The highest BCUT2D eigenvalue weighted by Gasteiger charge is 2.34. The van der Waals surface area contributed by atoms with E-state index >= 15 is 0 Å². The summed E-state index contributed by atoms with van der Waals surface area (Å²) in [5.74, 6) is -0.996. The van der Waals surface area contributed by atoms with Gasteiger partial charge < -0.3 is 5.32 Å². The maximum absolute atomic E-state index is 13.1. The second-order valence-corrected chi connectivity index (χ2v) is 3.61. The van der Waals surface area contributed by atoms with Gasteiger partial charge >= 0.3 is 6.18 Å². The van der Waals surface area contributed by atoms with E-state index in [0.29, 0.717) is 0 Å². The van der Waals surface area contributed by atoms with Crippen molar-refractivity contribution < 1.29 is 17.6 Å². The third-order valence-electron chi connectivity index (χ3n) is 1.56. The van der Waals surface area contributed by atoms with Gasteiger partial charge in [0.1, 0.15) is 5.82 Å². The molecule has 1 nitrogen and oxygen atoms in total. The predicted octanol–water partition coefficient (Wildman–Crippen LogP) is 3.98. The molecule has 0 saturated heterocycles. The number of hydrogen-bond acceptors (Lipinski definition) is 1. The maximum atomic E-state index is 13.1. The summed E-state index contributed by atoms with van der Waals surface area (Å²) in [6.07, 6.45) is -4.61. The van der Waals surface area contributed by atoms with Crippen LogP contribution in [0.25, 0.3) is 0 Å². The molecule has 0 amide bonds. The maximum Gasteiger partial charge on any atom is 0.417 e. The second kappa shape index (κ2) is 4.44. The highest BCUT2D eigenvalue weighted by atomic mass is 79.9. The van der Waals surface area contributed by atoms with Gasteiger partial charge in [-0.1, -0.05) is 12.2 Å². The highest BCUT2D eigenvalue weighted by Crippen LogP contribution is 2.37. The molecule has 0 radical (unpaired) electrons. The Morgan fingerprint density at radius 2 is 1.93 bits per heavy atom. The standard InChI is InChI=1S/C8H4BrF4NS/c9-7-5(8(11,12)13)1-4(14-3-15)2-6(7)10/h1-3H,(H,14,15). The first-order valence-corrected chi connectivity index (χ1v) is 4.89. The van der Waals surface area contributed by atoms with E-state index in [-0.39, 0.29) is 5.69 Å². The summed E-state index contributed by atoms with van der Waals surface area (Å²) in [4.78, 5) is 0. The fourth-order valence-electron chi connectivity index (χ4n) is 0.947. The largest absolute Gasteiger partial charge is 0.417 e. The minimum atomic E-state index is -4.61. The van der Waals surface area contributed by atoms with Crippen LogP contribution in [0.4, 0.5) is 23.2 Å². The van der Waals surface area contributed by atoms with Crippen LogP contribution in [0.3, 0.4) is 0 Å². The fraction of sp³-hybridized carbons (Fsp3) is 0.125. The fourth-order valence-corrected chi connectivity index (χ4v) is 1.54. The molecular weight excluding hydrogens is 298 g/mol. The Morgan fingerprint density at radius 3 is 2.40 bits per heavy atom. The predicted molar refractivity (Wildman–Crippen MR) is 56.4 cm³/mol. The van der Waals surface area contributed by atoms with Crippen molar-refractivity contribution >= 4 is 39.3 Å². The average Bonchev–Trinajstić information content (AvgIpc) is 2.09. The van der Waals surface area contributed by atoms with E-state index in [1.807, 2.05) is 0 Å². The molecule has 0 aromatic heterocycles. The normalized spacial score (nSPS) is 11.3. The molecule has 7 heteroatoms. The molecule has 0 aliphatic heterocycles. The smallest absolute Gasteiger partial charge is 0.353 e. The number of halogens is 5. The lowest BCUT2D eigenvalue weighted by Crippen LogP contribution is -2.08. The third-order valence-corrected chi connectivity index (χ3v) is 2.48. The van der Waals surface area contributed by atoms with Crippen LogP contribution < -0.4 is 5.32 Å². The van der Waals surface area contributed by atoms with Crippen LogP contribution in [0.15, 0.2) is 16.6 Å². The number of rotatable bonds is 2. The molecule has 82 valence electrons.